The summed E-state index contributed by atoms with van der Waals surface area (Å²) in [7, 11) is 0. The van der Waals surface area contributed by atoms with Crippen molar-refractivity contribution < 1.29 is 9.90 Å². The van der Waals surface area contributed by atoms with Crippen LogP contribution in [0.4, 0.5) is 0 Å². The van der Waals surface area contributed by atoms with E-state index in [9.17, 15) is 9.90 Å². The average molecular weight is 283 g/mol. The van der Waals surface area contributed by atoms with Crippen LogP contribution in [-0.2, 0) is 4.79 Å². The molecule has 0 aliphatic rings. The molecule has 104 valence electrons. The van der Waals surface area contributed by atoms with E-state index in [0.29, 0.717) is 10.6 Å². The van der Waals surface area contributed by atoms with Crippen LogP contribution in [0.25, 0.3) is 0 Å². The molecule has 0 spiro atoms. The van der Waals surface area contributed by atoms with E-state index in [1.165, 1.54) is 0 Å². The second-order valence-electron chi connectivity index (χ2n) is 4.28. The number of hydrogen-bond donors (Lipinski definition) is 3. The number of carbonyl (C=O) groups excluding carboxylic acids is 1. The van der Waals surface area contributed by atoms with Crippen LogP contribution in [-0.4, -0.2) is 11.0 Å². The minimum Gasteiger partial charge on any atom is -0.378 e. The Labute approximate surface area is 118 Å². The summed E-state index contributed by atoms with van der Waals surface area (Å²) in [5.74, 6) is -0.528. The number of halogens is 1. The third-order valence-corrected chi connectivity index (χ3v) is 2.88. The van der Waals surface area contributed by atoms with Crippen molar-refractivity contribution in [2.24, 2.45) is 0 Å². The lowest BCUT2D eigenvalue weighted by atomic mass is 10.1. The van der Waals surface area contributed by atoms with Crippen LogP contribution in [0.15, 0.2) is 36.5 Å². The fourth-order valence-corrected chi connectivity index (χ4v) is 1.59. The molecular weight excluding hydrogens is 264 g/mol. The first-order chi connectivity index (χ1) is 9.04. The molecular formula is C14H19ClN2O2. The topological polar surface area (TPSA) is 61.4 Å². The van der Waals surface area contributed by atoms with E-state index in [1.54, 1.807) is 24.3 Å². The SMILES string of the molecule is C=C(CCCC)NNC(=O)[C@@H](O)c1ccc(Cl)cc1. The highest BCUT2D eigenvalue weighted by atomic mass is 35.5. The maximum Gasteiger partial charge on any atom is 0.271 e. The van der Waals surface area contributed by atoms with Gasteiger partial charge in [0.2, 0.25) is 0 Å². The Morgan fingerprint density at radius 1 is 1.37 bits per heavy atom. The standard InChI is InChI=1S/C14H19ClN2O2/c1-3-4-5-10(2)16-17-14(19)13(18)11-6-8-12(15)9-7-11/h6-9,13,16,18H,2-5H2,1H3,(H,17,19)/t13-/m0/s1. The van der Waals surface area contributed by atoms with Gasteiger partial charge in [0, 0.05) is 10.7 Å². The molecule has 0 aromatic heterocycles. The van der Waals surface area contributed by atoms with Crippen LogP contribution < -0.4 is 10.9 Å². The zero-order chi connectivity index (χ0) is 14.3. The van der Waals surface area contributed by atoms with Crippen LogP contribution in [0.3, 0.4) is 0 Å². The van der Waals surface area contributed by atoms with Crippen LogP contribution in [0, 0.1) is 0 Å². The highest BCUT2D eigenvalue weighted by molar-refractivity contribution is 6.30. The molecule has 0 heterocycles. The third kappa shape index (κ3) is 5.32. The molecule has 4 nitrogen and oxygen atoms in total. The first kappa shape index (κ1) is 15.5. The molecule has 1 aromatic carbocycles. The van der Waals surface area contributed by atoms with Gasteiger partial charge in [0.05, 0.1) is 0 Å². The average Bonchev–Trinajstić information content (AvgIpc) is 2.42. The summed E-state index contributed by atoms with van der Waals surface area (Å²) in [6, 6.07) is 6.47. The van der Waals surface area contributed by atoms with Gasteiger partial charge in [0.25, 0.3) is 5.91 Å². The zero-order valence-electron chi connectivity index (χ0n) is 10.9. The van der Waals surface area contributed by atoms with Crippen LogP contribution in [0.2, 0.25) is 5.02 Å². The van der Waals surface area contributed by atoms with E-state index in [4.69, 9.17) is 11.6 Å². The molecule has 3 N–H and O–H groups in total. The summed E-state index contributed by atoms with van der Waals surface area (Å²) in [5, 5.41) is 10.4. The van der Waals surface area contributed by atoms with Gasteiger partial charge in [0.1, 0.15) is 0 Å². The maximum atomic E-state index is 11.7. The number of hydrogen-bond acceptors (Lipinski definition) is 3. The van der Waals surface area contributed by atoms with Crippen LogP contribution in [0.1, 0.15) is 37.9 Å². The Hall–Kier alpha value is -1.52. The van der Waals surface area contributed by atoms with Gasteiger partial charge in [-0.25, -0.2) is 0 Å². The van der Waals surface area contributed by atoms with Crippen molar-refractivity contribution in [3.05, 3.63) is 47.1 Å². The van der Waals surface area contributed by atoms with E-state index >= 15 is 0 Å². The predicted molar refractivity (Wildman–Crippen MR) is 76.4 cm³/mol. The van der Waals surface area contributed by atoms with Gasteiger partial charge in [0.15, 0.2) is 6.10 Å². The number of rotatable bonds is 7. The summed E-state index contributed by atoms with van der Waals surface area (Å²) >= 11 is 5.74. The van der Waals surface area contributed by atoms with Crippen molar-refractivity contribution in [2.75, 3.05) is 0 Å². The molecule has 0 radical (unpaired) electrons. The smallest absolute Gasteiger partial charge is 0.271 e. The molecule has 0 aliphatic heterocycles. The number of unbranched alkanes of at least 4 members (excludes halogenated alkanes) is 1. The lowest BCUT2D eigenvalue weighted by Gasteiger charge is -2.14. The van der Waals surface area contributed by atoms with Crippen molar-refractivity contribution >= 4 is 17.5 Å². The minimum absolute atomic E-state index is 0.489. The second-order valence-corrected chi connectivity index (χ2v) is 4.71. The van der Waals surface area contributed by atoms with E-state index in [2.05, 4.69) is 24.4 Å². The number of benzene rings is 1. The van der Waals surface area contributed by atoms with Gasteiger partial charge in [-0.15, -0.1) is 0 Å². The van der Waals surface area contributed by atoms with E-state index in [-0.39, 0.29) is 0 Å². The summed E-state index contributed by atoms with van der Waals surface area (Å²) in [4.78, 5) is 11.7. The molecule has 1 amide bonds. The number of nitrogens with one attached hydrogen (secondary N) is 2. The molecule has 0 saturated carbocycles. The summed E-state index contributed by atoms with van der Waals surface area (Å²) < 4.78 is 0. The highest BCUT2D eigenvalue weighted by Crippen LogP contribution is 2.16. The van der Waals surface area contributed by atoms with Crippen molar-refractivity contribution in [3.8, 4) is 0 Å². The molecule has 1 rings (SSSR count). The Balaban J connectivity index is 2.44. The quantitative estimate of drug-likeness (QED) is 0.674. The van der Waals surface area contributed by atoms with Gasteiger partial charge < -0.3 is 10.5 Å². The number of aliphatic hydroxyl groups excluding tert-OH is 1. The fraction of sp³-hybridized carbons (Fsp3) is 0.357. The third-order valence-electron chi connectivity index (χ3n) is 2.63. The van der Waals surface area contributed by atoms with Crippen LogP contribution in [0.5, 0.6) is 0 Å². The summed E-state index contributed by atoms with van der Waals surface area (Å²) in [6.07, 6.45) is 1.61. The zero-order valence-corrected chi connectivity index (χ0v) is 11.7. The Morgan fingerprint density at radius 3 is 2.58 bits per heavy atom. The van der Waals surface area contributed by atoms with Crippen molar-refractivity contribution in [1.29, 1.82) is 0 Å². The number of allylic oxidation sites excluding steroid dienone is 1. The number of hydrazine groups is 1. The van der Waals surface area contributed by atoms with E-state index < -0.39 is 12.0 Å². The van der Waals surface area contributed by atoms with Gasteiger partial charge >= 0.3 is 0 Å². The monoisotopic (exact) mass is 282 g/mol. The fourth-order valence-electron chi connectivity index (χ4n) is 1.47. The molecule has 0 unspecified atom stereocenters. The van der Waals surface area contributed by atoms with Gasteiger partial charge in [-0.3, -0.25) is 10.2 Å². The highest BCUT2D eigenvalue weighted by Gasteiger charge is 2.16. The first-order valence-corrected chi connectivity index (χ1v) is 6.59. The lowest BCUT2D eigenvalue weighted by molar-refractivity contribution is -0.130. The maximum absolute atomic E-state index is 11.7. The molecule has 0 fully saturated rings. The molecule has 1 atom stereocenters. The summed E-state index contributed by atoms with van der Waals surface area (Å²) in [6.45, 7) is 5.86. The largest absolute Gasteiger partial charge is 0.378 e. The Bertz CT molecular complexity index is 432. The Morgan fingerprint density at radius 2 is 2.00 bits per heavy atom. The van der Waals surface area contributed by atoms with E-state index in [0.717, 1.165) is 25.0 Å². The minimum atomic E-state index is -1.23. The number of amides is 1. The normalized spacial score (nSPS) is 11.7. The predicted octanol–water partition coefficient (Wildman–Crippen LogP) is 2.70. The molecule has 1 aromatic rings. The van der Waals surface area contributed by atoms with Crippen LogP contribution >= 0.6 is 11.6 Å². The molecule has 5 heteroatoms. The van der Waals surface area contributed by atoms with Crippen molar-refractivity contribution in [3.63, 3.8) is 0 Å². The van der Waals surface area contributed by atoms with E-state index in [1.807, 2.05) is 0 Å². The number of carbonyl (C=O) groups is 1. The molecule has 0 saturated heterocycles. The van der Waals surface area contributed by atoms with Gasteiger partial charge in [-0.2, -0.15) is 0 Å². The molecule has 19 heavy (non-hydrogen) atoms. The second kappa shape index (κ2) is 7.81. The first-order valence-electron chi connectivity index (χ1n) is 6.21. The molecule has 0 bridgehead atoms. The number of aliphatic hydroxyl groups is 1. The van der Waals surface area contributed by atoms with Crippen molar-refractivity contribution in [1.82, 2.24) is 10.9 Å². The summed E-state index contributed by atoms with van der Waals surface area (Å²) in [5.41, 5.74) is 6.34. The van der Waals surface area contributed by atoms with Gasteiger partial charge in [-0.1, -0.05) is 43.7 Å². The Kier molecular flexibility index (Phi) is 6.39. The van der Waals surface area contributed by atoms with Crippen molar-refractivity contribution in [2.45, 2.75) is 32.3 Å². The molecule has 0 aliphatic carbocycles. The van der Waals surface area contributed by atoms with Gasteiger partial charge in [-0.05, 0) is 30.5 Å². The lowest BCUT2D eigenvalue weighted by Crippen LogP contribution is -2.39.